The molecule has 0 atom stereocenters. The summed E-state index contributed by atoms with van der Waals surface area (Å²) in [5, 5.41) is 0. The Bertz CT molecular complexity index is 664. The fourth-order valence-electron chi connectivity index (χ4n) is 2.54. The second-order valence-electron chi connectivity index (χ2n) is 4.79. The van der Waals surface area contributed by atoms with E-state index in [1.165, 1.54) is 17.5 Å². The fraction of sp³-hybridized carbons (Fsp3) is 0.188. The first-order chi connectivity index (χ1) is 9.15. The van der Waals surface area contributed by atoms with E-state index in [9.17, 15) is 4.79 Å². The van der Waals surface area contributed by atoms with Gasteiger partial charge in [-0.25, -0.2) is 0 Å². The third-order valence-corrected chi connectivity index (χ3v) is 4.97. The smallest absolute Gasteiger partial charge is 0.194 e. The van der Waals surface area contributed by atoms with Crippen LogP contribution in [0.2, 0.25) is 0 Å². The predicted octanol–water partition coefficient (Wildman–Crippen LogP) is 4.77. The normalized spacial score (nSPS) is 13.4. The molecule has 3 rings (SSSR count). The molecule has 0 aromatic heterocycles. The second-order valence-corrected chi connectivity index (χ2v) is 6.87. The molecule has 0 radical (unpaired) electrons. The molecule has 0 saturated heterocycles. The molecule has 0 amide bonds. The predicted molar refractivity (Wildman–Crippen MR) is 88.8 cm³/mol. The first-order valence-corrected chi connectivity index (χ1v) is 8.14. The van der Waals surface area contributed by atoms with Crippen molar-refractivity contribution in [1.82, 2.24) is 0 Å². The SMILES string of the molecule is O=C(c1ccc2c(c1)CCC2)c1cc(Br)ccc1I. The van der Waals surface area contributed by atoms with Crippen LogP contribution in [0.1, 0.15) is 33.5 Å². The summed E-state index contributed by atoms with van der Waals surface area (Å²) in [7, 11) is 0. The first kappa shape index (κ1) is 13.3. The molecule has 0 aliphatic heterocycles. The minimum Gasteiger partial charge on any atom is -0.289 e. The summed E-state index contributed by atoms with van der Waals surface area (Å²) in [6.45, 7) is 0. The Morgan fingerprint density at radius 3 is 2.68 bits per heavy atom. The van der Waals surface area contributed by atoms with Gasteiger partial charge in [0, 0.05) is 19.2 Å². The number of carbonyl (C=O) groups is 1. The third kappa shape index (κ3) is 2.63. The van der Waals surface area contributed by atoms with Gasteiger partial charge in [0.1, 0.15) is 0 Å². The molecule has 0 fully saturated rings. The molecule has 2 aromatic rings. The van der Waals surface area contributed by atoms with E-state index in [0.29, 0.717) is 0 Å². The largest absolute Gasteiger partial charge is 0.289 e. The van der Waals surface area contributed by atoms with Crippen LogP contribution < -0.4 is 0 Å². The number of hydrogen-bond acceptors (Lipinski definition) is 1. The molecule has 2 aromatic carbocycles. The van der Waals surface area contributed by atoms with Crippen LogP contribution in [0.4, 0.5) is 0 Å². The third-order valence-electron chi connectivity index (χ3n) is 3.53. The minimum absolute atomic E-state index is 0.111. The summed E-state index contributed by atoms with van der Waals surface area (Å²) < 4.78 is 1.93. The van der Waals surface area contributed by atoms with Gasteiger partial charge in [0.25, 0.3) is 0 Å². The minimum atomic E-state index is 0.111. The molecule has 1 aliphatic rings. The van der Waals surface area contributed by atoms with Gasteiger partial charge in [-0.05, 0) is 77.2 Å². The van der Waals surface area contributed by atoms with Gasteiger partial charge in [0.05, 0.1) is 0 Å². The Hall–Kier alpha value is -0.680. The zero-order chi connectivity index (χ0) is 13.4. The van der Waals surface area contributed by atoms with Crippen LogP contribution in [0.5, 0.6) is 0 Å². The van der Waals surface area contributed by atoms with Crippen molar-refractivity contribution in [2.75, 3.05) is 0 Å². The average molecular weight is 427 g/mol. The number of benzene rings is 2. The van der Waals surface area contributed by atoms with E-state index < -0.39 is 0 Å². The molecule has 0 spiro atoms. The first-order valence-electron chi connectivity index (χ1n) is 6.27. The lowest BCUT2D eigenvalue weighted by Gasteiger charge is -2.07. The maximum Gasteiger partial charge on any atom is 0.194 e. The summed E-state index contributed by atoms with van der Waals surface area (Å²) in [6, 6.07) is 12.0. The highest BCUT2D eigenvalue weighted by molar-refractivity contribution is 14.1. The highest BCUT2D eigenvalue weighted by Crippen LogP contribution is 2.26. The van der Waals surface area contributed by atoms with E-state index in [-0.39, 0.29) is 5.78 Å². The van der Waals surface area contributed by atoms with Crippen molar-refractivity contribution < 1.29 is 4.79 Å². The summed E-state index contributed by atoms with van der Waals surface area (Å²) in [5.74, 6) is 0.111. The van der Waals surface area contributed by atoms with E-state index in [1.54, 1.807) is 0 Å². The molecule has 96 valence electrons. The molecule has 19 heavy (non-hydrogen) atoms. The Labute approximate surface area is 134 Å². The standard InChI is InChI=1S/C16H12BrIO/c17-13-6-7-15(18)14(9-13)16(19)12-5-4-10-2-1-3-11(10)8-12/h4-9H,1-3H2. The second kappa shape index (κ2) is 5.37. The van der Waals surface area contributed by atoms with E-state index in [0.717, 1.165) is 32.0 Å². The van der Waals surface area contributed by atoms with E-state index in [2.05, 4.69) is 50.7 Å². The maximum atomic E-state index is 12.6. The molecule has 1 nitrogen and oxygen atoms in total. The lowest BCUT2D eigenvalue weighted by molar-refractivity contribution is 0.103. The Kier molecular flexibility index (Phi) is 3.76. The van der Waals surface area contributed by atoms with Gasteiger partial charge in [0.2, 0.25) is 0 Å². The lowest BCUT2D eigenvalue weighted by atomic mass is 9.99. The molecular formula is C16H12BrIO. The topological polar surface area (TPSA) is 17.1 Å². The molecule has 0 saturated carbocycles. The van der Waals surface area contributed by atoms with Gasteiger partial charge in [-0.3, -0.25) is 4.79 Å². The number of halogens is 2. The zero-order valence-corrected chi connectivity index (χ0v) is 14.0. The molecule has 0 N–H and O–H groups in total. The van der Waals surface area contributed by atoms with Gasteiger partial charge in [0.15, 0.2) is 5.78 Å². The summed E-state index contributed by atoms with van der Waals surface area (Å²) in [6.07, 6.45) is 3.46. The Morgan fingerprint density at radius 2 is 1.84 bits per heavy atom. The number of fused-ring (bicyclic) bond motifs is 1. The number of aryl methyl sites for hydroxylation is 2. The van der Waals surface area contributed by atoms with Crippen molar-refractivity contribution in [3.05, 3.63) is 66.7 Å². The van der Waals surface area contributed by atoms with E-state index >= 15 is 0 Å². The van der Waals surface area contributed by atoms with Crippen molar-refractivity contribution >= 4 is 44.3 Å². The number of carbonyl (C=O) groups excluding carboxylic acids is 1. The fourth-order valence-corrected chi connectivity index (χ4v) is 3.48. The number of rotatable bonds is 2. The van der Waals surface area contributed by atoms with E-state index in [4.69, 9.17) is 0 Å². The summed E-state index contributed by atoms with van der Waals surface area (Å²) in [5.41, 5.74) is 4.32. The number of hydrogen-bond donors (Lipinski definition) is 0. The molecule has 0 bridgehead atoms. The Morgan fingerprint density at radius 1 is 1.05 bits per heavy atom. The van der Waals surface area contributed by atoms with E-state index in [1.807, 2.05) is 24.3 Å². The maximum absolute atomic E-state index is 12.6. The summed E-state index contributed by atoms with van der Waals surface area (Å²) in [4.78, 5) is 12.6. The number of ketones is 1. The van der Waals surface area contributed by atoms with Gasteiger partial charge >= 0.3 is 0 Å². The average Bonchev–Trinajstić information content (AvgIpc) is 2.88. The van der Waals surface area contributed by atoms with Crippen molar-refractivity contribution in [1.29, 1.82) is 0 Å². The van der Waals surface area contributed by atoms with Gasteiger partial charge < -0.3 is 0 Å². The van der Waals surface area contributed by atoms with Crippen LogP contribution in [-0.4, -0.2) is 5.78 Å². The lowest BCUT2D eigenvalue weighted by Crippen LogP contribution is -2.04. The van der Waals surface area contributed by atoms with Gasteiger partial charge in [-0.15, -0.1) is 0 Å². The van der Waals surface area contributed by atoms with Crippen LogP contribution >= 0.6 is 38.5 Å². The van der Waals surface area contributed by atoms with Crippen LogP contribution in [0.15, 0.2) is 40.9 Å². The summed E-state index contributed by atoms with van der Waals surface area (Å²) >= 11 is 5.65. The van der Waals surface area contributed by atoms with Crippen molar-refractivity contribution in [3.8, 4) is 0 Å². The molecule has 0 heterocycles. The molecule has 1 aliphatic carbocycles. The van der Waals surface area contributed by atoms with Gasteiger partial charge in [-0.2, -0.15) is 0 Å². The van der Waals surface area contributed by atoms with Gasteiger partial charge in [-0.1, -0.05) is 28.1 Å². The monoisotopic (exact) mass is 426 g/mol. The zero-order valence-electron chi connectivity index (χ0n) is 10.2. The van der Waals surface area contributed by atoms with Crippen molar-refractivity contribution in [2.45, 2.75) is 19.3 Å². The highest BCUT2D eigenvalue weighted by Gasteiger charge is 2.17. The van der Waals surface area contributed by atoms with Crippen LogP contribution in [0, 0.1) is 3.57 Å². The quantitative estimate of drug-likeness (QED) is 0.499. The Balaban J connectivity index is 2.02. The molecule has 3 heteroatoms. The molecule has 0 unspecified atom stereocenters. The molecular weight excluding hydrogens is 415 g/mol. The van der Waals surface area contributed by atoms with Crippen molar-refractivity contribution in [2.24, 2.45) is 0 Å². The van der Waals surface area contributed by atoms with Crippen LogP contribution in [-0.2, 0) is 12.8 Å². The van der Waals surface area contributed by atoms with Crippen LogP contribution in [0.3, 0.4) is 0 Å². The van der Waals surface area contributed by atoms with Crippen molar-refractivity contribution in [3.63, 3.8) is 0 Å². The highest BCUT2D eigenvalue weighted by atomic mass is 127. The van der Waals surface area contributed by atoms with Crippen LogP contribution in [0.25, 0.3) is 0 Å².